The quantitative estimate of drug-likeness (QED) is 0.418. The van der Waals surface area contributed by atoms with Gasteiger partial charge in [-0.25, -0.2) is 9.37 Å². The van der Waals surface area contributed by atoms with Gasteiger partial charge in [-0.2, -0.15) is 0 Å². The molecule has 0 amide bonds. The van der Waals surface area contributed by atoms with Gasteiger partial charge in [0.1, 0.15) is 5.82 Å². The van der Waals surface area contributed by atoms with E-state index >= 15 is 0 Å². The molecule has 3 aliphatic rings. The first-order chi connectivity index (χ1) is 17.0. The number of nitrogens with zero attached hydrogens (tertiary/aromatic N) is 2. The van der Waals surface area contributed by atoms with E-state index < -0.39 is 11.1 Å². The van der Waals surface area contributed by atoms with Crippen LogP contribution in [0.1, 0.15) is 31.2 Å². The molecule has 0 atom stereocenters. The van der Waals surface area contributed by atoms with Gasteiger partial charge < -0.3 is 15.6 Å². The second-order valence-electron chi connectivity index (χ2n) is 10.3. The number of imidazole rings is 1. The minimum Gasteiger partial charge on any atom is -0.469 e. The van der Waals surface area contributed by atoms with Gasteiger partial charge in [0.25, 0.3) is 0 Å². The lowest BCUT2D eigenvalue weighted by molar-refractivity contribution is -0.106. The zero-order valence-corrected chi connectivity index (χ0v) is 19.2. The highest BCUT2D eigenvalue weighted by molar-refractivity contribution is 5.83. The van der Waals surface area contributed by atoms with Gasteiger partial charge in [-0.3, -0.25) is 4.57 Å². The smallest absolute Gasteiger partial charge is 0.168 e. The predicted octanol–water partition coefficient (Wildman–Crippen LogP) is 5.46. The van der Waals surface area contributed by atoms with E-state index in [2.05, 4.69) is 12.1 Å². The van der Waals surface area contributed by atoms with Crippen molar-refractivity contribution in [3.8, 4) is 39.7 Å². The fourth-order valence-corrected chi connectivity index (χ4v) is 5.95. The molecular formula is C29H26FN3O2. The molecule has 0 bridgehead atoms. The Morgan fingerprint density at radius 3 is 2.40 bits per heavy atom. The van der Waals surface area contributed by atoms with Gasteiger partial charge in [0, 0.05) is 16.7 Å². The summed E-state index contributed by atoms with van der Waals surface area (Å²) in [5, 5.41) is 10.8. The molecular weight excluding hydrogens is 441 g/mol. The third-order valence-corrected chi connectivity index (χ3v) is 7.87. The molecule has 0 unspecified atom stereocenters. The highest BCUT2D eigenvalue weighted by atomic mass is 19.1. The van der Waals surface area contributed by atoms with Crippen LogP contribution in [0.25, 0.3) is 33.9 Å². The van der Waals surface area contributed by atoms with E-state index in [9.17, 15) is 9.50 Å². The predicted molar refractivity (Wildman–Crippen MR) is 132 cm³/mol. The van der Waals surface area contributed by atoms with Crippen molar-refractivity contribution in [2.75, 3.05) is 0 Å². The number of nitrogens with two attached hydrogens (primary N) is 1. The Morgan fingerprint density at radius 1 is 0.943 bits per heavy atom. The number of fused-ring (bicyclic) bond motifs is 3. The Kier molecular flexibility index (Phi) is 4.33. The summed E-state index contributed by atoms with van der Waals surface area (Å²) in [4.78, 5) is 5.01. The maximum atomic E-state index is 14.4. The number of aromatic nitrogens is 2. The van der Waals surface area contributed by atoms with Crippen LogP contribution in [0.4, 0.5) is 4.39 Å². The lowest BCUT2D eigenvalue weighted by atomic mass is 9.60. The highest BCUT2D eigenvalue weighted by Gasteiger charge is 2.58. The van der Waals surface area contributed by atoms with Gasteiger partial charge in [0.15, 0.2) is 18.3 Å². The molecule has 1 aliphatic heterocycles. The topological polar surface area (TPSA) is 73.3 Å². The normalized spacial score (nSPS) is 24.8. The summed E-state index contributed by atoms with van der Waals surface area (Å²) in [5.41, 5.74) is 11.0. The van der Waals surface area contributed by atoms with Crippen molar-refractivity contribution in [2.24, 2.45) is 11.7 Å². The van der Waals surface area contributed by atoms with Crippen LogP contribution in [0.15, 0.2) is 72.8 Å². The zero-order chi connectivity index (χ0) is 23.8. The molecule has 176 valence electrons. The number of rotatable bonds is 4. The van der Waals surface area contributed by atoms with Crippen molar-refractivity contribution in [1.82, 2.24) is 9.55 Å². The summed E-state index contributed by atoms with van der Waals surface area (Å²) in [5.74, 6) is 0.958. The molecule has 1 aromatic heterocycles. The number of ether oxygens (including phenoxy) is 1. The summed E-state index contributed by atoms with van der Waals surface area (Å²) in [6.07, 6.45) is 3.43. The lowest BCUT2D eigenvalue weighted by Gasteiger charge is -2.52. The van der Waals surface area contributed by atoms with Gasteiger partial charge in [-0.15, -0.1) is 0 Å². The fraction of sp³-hybridized carbons (Fsp3) is 0.276. The minimum absolute atomic E-state index is 0.185. The maximum absolute atomic E-state index is 14.4. The van der Waals surface area contributed by atoms with Gasteiger partial charge in [-0.1, -0.05) is 60.7 Å². The SMILES string of the molecule is N[C@]1(c2ccc(-c3nc4n(c3-c3ccccc3)COc3c(F)cccc3-4)cc2)C[C@](O)(C2CC2)C1. The summed E-state index contributed by atoms with van der Waals surface area (Å²) in [6.45, 7) is 0.185. The van der Waals surface area contributed by atoms with Crippen LogP contribution in [0.3, 0.4) is 0 Å². The Balaban J connectivity index is 1.31. The van der Waals surface area contributed by atoms with Crippen molar-refractivity contribution in [3.63, 3.8) is 0 Å². The standard InChI is InChI=1S/C29H26FN3O2/c30-23-8-4-7-22-26(23)35-17-33-25(19-5-2-1-3-6-19)24(32-27(22)33)18-9-11-20(12-10-18)28(31)15-29(34,16-28)21-13-14-21/h1-12,21,34H,13-17,31H2/t28-,29-. The number of halogens is 1. The molecule has 5 nitrogen and oxygen atoms in total. The molecule has 0 radical (unpaired) electrons. The average Bonchev–Trinajstić information content (AvgIpc) is 3.64. The van der Waals surface area contributed by atoms with E-state index in [4.69, 9.17) is 15.5 Å². The monoisotopic (exact) mass is 467 g/mol. The number of aliphatic hydroxyl groups is 1. The van der Waals surface area contributed by atoms with Crippen LogP contribution in [0.5, 0.6) is 5.75 Å². The summed E-state index contributed by atoms with van der Waals surface area (Å²) >= 11 is 0. The molecule has 3 N–H and O–H groups in total. The van der Waals surface area contributed by atoms with Crippen molar-refractivity contribution in [3.05, 3.63) is 84.2 Å². The van der Waals surface area contributed by atoms with E-state index in [1.807, 2.05) is 53.1 Å². The Bertz CT molecular complexity index is 1440. The molecule has 35 heavy (non-hydrogen) atoms. The first kappa shape index (κ1) is 20.9. The molecule has 0 spiro atoms. The third kappa shape index (κ3) is 3.17. The first-order valence-corrected chi connectivity index (χ1v) is 12.2. The van der Waals surface area contributed by atoms with Crippen molar-refractivity contribution >= 4 is 0 Å². The van der Waals surface area contributed by atoms with Gasteiger partial charge in [0.2, 0.25) is 0 Å². The number of para-hydroxylation sites is 1. The third-order valence-electron chi connectivity index (χ3n) is 7.87. The van der Waals surface area contributed by atoms with Crippen LogP contribution >= 0.6 is 0 Å². The molecule has 3 aromatic carbocycles. The van der Waals surface area contributed by atoms with Crippen LogP contribution < -0.4 is 10.5 Å². The number of hydrogen-bond donors (Lipinski definition) is 2. The Morgan fingerprint density at radius 2 is 1.69 bits per heavy atom. The first-order valence-electron chi connectivity index (χ1n) is 12.2. The molecule has 7 rings (SSSR count). The van der Waals surface area contributed by atoms with Gasteiger partial charge in [-0.05, 0) is 49.3 Å². The highest BCUT2D eigenvalue weighted by Crippen LogP contribution is 2.57. The van der Waals surface area contributed by atoms with Crippen LogP contribution in [-0.4, -0.2) is 20.3 Å². The van der Waals surface area contributed by atoms with E-state index in [-0.39, 0.29) is 18.3 Å². The van der Waals surface area contributed by atoms with Crippen molar-refractivity contribution in [1.29, 1.82) is 0 Å². The van der Waals surface area contributed by atoms with Gasteiger partial charge >= 0.3 is 0 Å². The van der Waals surface area contributed by atoms with E-state index in [1.54, 1.807) is 6.07 Å². The number of hydrogen-bond acceptors (Lipinski definition) is 4. The lowest BCUT2D eigenvalue weighted by Crippen LogP contribution is -2.60. The zero-order valence-electron chi connectivity index (χ0n) is 19.2. The van der Waals surface area contributed by atoms with Crippen molar-refractivity contribution < 1.29 is 14.2 Å². The minimum atomic E-state index is -0.598. The van der Waals surface area contributed by atoms with Crippen LogP contribution in [0, 0.1) is 11.7 Å². The Labute approximate surface area is 203 Å². The van der Waals surface area contributed by atoms with Crippen LogP contribution in [0.2, 0.25) is 0 Å². The average molecular weight is 468 g/mol. The molecule has 2 aliphatic carbocycles. The molecule has 0 saturated heterocycles. The fourth-order valence-electron chi connectivity index (χ4n) is 5.95. The number of benzene rings is 3. The van der Waals surface area contributed by atoms with E-state index in [1.165, 1.54) is 6.07 Å². The second-order valence-corrected chi connectivity index (χ2v) is 10.3. The second kappa shape index (κ2) is 7.26. The molecule has 2 fully saturated rings. The molecule has 2 saturated carbocycles. The van der Waals surface area contributed by atoms with E-state index in [0.29, 0.717) is 30.1 Å². The van der Waals surface area contributed by atoms with Gasteiger partial charge in [0.05, 0.1) is 22.6 Å². The summed E-state index contributed by atoms with van der Waals surface area (Å²) in [7, 11) is 0. The Hall–Kier alpha value is -3.48. The van der Waals surface area contributed by atoms with Crippen molar-refractivity contribution in [2.45, 2.75) is 43.6 Å². The van der Waals surface area contributed by atoms with E-state index in [0.717, 1.165) is 40.9 Å². The molecule has 6 heteroatoms. The summed E-state index contributed by atoms with van der Waals surface area (Å²) < 4.78 is 22.3. The molecule has 2 heterocycles. The largest absolute Gasteiger partial charge is 0.469 e. The summed E-state index contributed by atoms with van der Waals surface area (Å²) in [6, 6.07) is 23.2. The van der Waals surface area contributed by atoms with Crippen LogP contribution in [-0.2, 0) is 12.3 Å². The maximum Gasteiger partial charge on any atom is 0.168 e. The molecule has 4 aromatic rings.